The van der Waals surface area contributed by atoms with E-state index < -0.39 is 37.3 Å². The van der Waals surface area contributed by atoms with Crippen LogP contribution in [0, 0.1) is 38.9 Å². The first kappa shape index (κ1) is 35.3. The molecule has 0 aromatic heterocycles. The smallest absolute Gasteiger partial charge is 0.293 e. The third-order valence-electron chi connectivity index (χ3n) is 14.0. The van der Waals surface area contributed by atoms with Crippen molar-refractivity contribution in [2.75, 3.05) is 6.61 Å². The van der Waals surface area contributed by atoms with E-state index in [0.29, 0.717) is 18.3 Å². The minimum atomic E-state index is -1.44. The van der Waals surface area contributed by atoms with Crippen LogP contribution in [0.5, 0.6) is 0 Å². The average molecular weight is 635 g/mol. The number of allylic oxidation sites excluding steroid dienone is 2. The maximum absolute atomic E-state index is 11.7. The van der Waals surface area contributed by atoms with Crippen molar-refractivity contribution in [2.24, 2.45) is 38.9 Å². The van der Waals surface area contributed by atoms with E-state index in [9.17, 15) is 25.2 Å². The molecule has 0 radical (unpaired) electrons. The zero-order chi connectivity index (χ0) is 33.2. The molecule has 0 aromatic carbocycles. The Balaban J connectivity index is 1.37. The number of hydrogen-bond acceptors (Lipinski definition) is 8. The van der Waals surface area contributed by atoms with Gasteiger partial charge in [-0.2, -0.15) is 0 Å². The van der Waals surface area contributed by atoms with Gasteiger partial charge in [-0.05, 0) is 104 Å². The summed E-state index contributed by atoms with van der Waals surface area (Å²) in [6.07, 6.45) is 4.90. The van der Waals surface area contributed by atoms with Crippen molar-refractivity contribution >= 4 is 6.47 Å². The normalized spacial score (nSPS) is 45.3. The van der Waals surface area contributed by atoms with Crippen LogP contribution in [0.4, 0.5) is 0 Å². The molecule has 4 N–H and O–H groups in total. The Morgan fingerprint density at radius 2 is 1.64 bits per heavy atom. The second-order valence-electron chi connectivity index (χ2n) is 17.8. The maximum atomic E-state index is 11.7. The first-order valence-corrected chi connectivity index (χ1v) is 17.7. The minimum Gasteiger partial charge on any atom is -0.464 e. The van der Waals surface area contributed by atoms with Gasteiger partial charge in [-0.25, -0.2) is 0 Å². The zero-order valence-corrected chi connectivity index (χ0v) is 29.2. The number of fused-ring (bicyclic) bond motifs is 4. The van der Waals surface area contributed by atoms with Crippen LogP contribution in [-0.2, 0) is 19.0 Å². The molecule has 45 heavy (non-hydrogen) atoms. The van der Waals surface area contributed by atoms with Crippen LogP contribution in [0.2, 0.25) is 0 Å². The molecule has 2 saturated carbocycles. The molecule has 1 aliphatic heterocycles. The number of aliphatic hydroxyl groups excluding tert-OH is 4. The van der Waals surface area contributed by atoms with Gasteiger partial charge in [0.25, 0.3) is 6.47 Å². The van der Waals surface area contributed by atoms with Crippen molar-refractivity contribution in [3.63, 3.8) is 0 Å². The van der Waals surface area contributed by atoms with E-state index in [1.54, 1.807) is 11.1 Å². The highest BCUT2D eigenvalue weighted by atomic mass is 16.7. The molecule has 5 rings (SSSR count). The molecule has 3 fully saturated rings. The largest absolute Gasteiger partial charge is 0.464 e. The molecule has 8 nitrogen and oxygen atoms in total. The monoisotopic (exact) mass is 634 g/mol. The van der Waals surface area contributed by atoms with Gasteiger partial charge in [0.1, 0.15) is 30.5 Å². The summed E-state index contributed by atoms with van der Waals surface area (Å²) in [5.41, 5.74) is 3.58. The second kappa shape index (κ2) is 12.5. The number of hydrogen-bond donors (Lipinski definition) is 4. The Kier molecular flexibility index (Phi) is 9.76. The van der Waals surface area contributed by atoms with Crippen molar-refractivity contribution in [1.82, 2.24) is 0 Å². The number of carbonyl (C=O) groups excluding carboxylic acids is 1. The Labute approximate surface area is 271 Å². The molecular formula is C37H62O8. The molecule has 0 bridgehead atoms. The number of ether oxygens (including phenoxy) is 3. The first-order chi connectivity index (χ1) is 20.9. The average Bonchev–Trinajstić information content (AvgIpc) is 3.24. The van der Waals surface area contributed by atoms with Crippen molar-refractivity contribution in [2.45, 2.75) is 169 Å². The summed E-state index contributed by atoms with van der Waals surface area (Å²) in [6.45, 7) is 19.1. The summed E-state index contributed by atoms with van der Waals surface area (Å²) in [5.74, 6) is 0.743. The van der Waals surface area contributed by atoms with E-state index >= 15 is 0 Å². The van der Waals surface area contributed by atoms with Gasteiger partial charge in [0.05, 0.1) is 12.7 Å². The molecule has 0 spiro atoms. The number of carbonyl (C=O) groups is 1. The molecule has 5 aliphatic rings. The van der Waals surface area contributed by atoms with Gasteiger partial charge in [-0.15, -0.1) is 0 Å². The number of rotatable bonds is 9. The molecule has 6 unspecified atom stereocenters. The van der Waals surface area contributed by atoms with Gasteiger partial charge >= 0.3 is 0 Å². The summed E-state index contributed by atoms with van der Waals surface area (Å²) in [4.78, 5) is 11.7. The summed E-state index contributed by atoms with van der Waals surface area (Å²) < 4.78 is 18.1. The molecule has 12 atom stereocenters. The van der Waals surface area contributed by atoms with Crippen LogP contribution < -0.4 is 0 Å². The second-order valence-corrected chi connectivity index (χ2v) is 17.8. The molecular weight excluding hydrogens is 572 g/mol. The first-order valence-electron chi connectivity index (χ1n) is 17.7. The Hall–Kier alpha value is -1.03. The highest BCUT2D eigenvalue weighted by Crippen LogP contribution is 2.72. The maximum Gasteiger partial charge on any atom is 0.293 e. The van der Waals surface area contributed by atoms with Gasteiger partial charge in [0.2, 0.25) is 0 Å². The van der Waals surface area contributed by atoms with Crippen LogP contribution in [0.25, 0.3) is 0 Å². The Morgan fingerprint density at radius 3 is 2.29 bits per heavy atom. The van der Waals surface area contributed by atoms with E-state index in [1.807, 2.05) is 0 Å². The molecule has 258 valence electrons. The van der Waals surface area contributed by atoms with Crippen LogP contribution >= 0.6 is 0 Å². The summed E-state index contributed by atoms with van der Waals surface area (Å²) in [5, 5.41) is 41.0. The van der Waals surface area contributed by atoms with Gasteiger partial charge in [0.15, 0.2) is 6.29 Å². The summed E-state index contributed by atoms with van der Waals surface area (Å²) in [6, 6.07) is 0. The molecule has 1 heterocycles. The lowest BCUT2D eigenvalue weighted by Crippen LogP contribution is -2.61. The number of aliphatic hydroxyl groups is 4. The van der Waals surface area contributed by atoms with Gasteiger partial charge in [-0.1, -0.05) is 66.5 Å². The highest BCUT2D eigenvalue weighted by Gasteiger charge is 2.64. The van der Waals surface area contributed by atoms with Crippen molar-refractivity contribution in [1.29, 1.82) is 0 Å². The van der Waals surface area contributed by atoms with Crippen LogP contribution in [0.15, 0.2) is 11.1 Å². The van der Waals surface area contributed by atoms with Crippen LogP contribution in [0.1, 0.15) is 126 Å². The van der Waals surface area contributed by atoms with E-state index in [1.165, 1.54) is 0 Å². The van der Waals surface area contributed by atoms with Crippen LogP contribution in [0.3, 0.4) is 0 Å². The third kappa shape index (κ3) is 5.86. The van der Waals surface area contributed by atoms with E-state index in [2.05, 4.69) is 55.4 Å². The van der Waals surface area contributed by atoms with Crippen molar-refractivity contribution in [3.8, 4) is 0 Å². The lowest BCUT2D eigenvalue weighted by molar-refractivity contribution is -0.325. The predicted molar refractivity (Wildman–Crippen MR) is 172 cm³/mol. The molecule has 4 aliphatic carbocycles. The highest BCUT2D eigenvalue weighted by molar-refractivity contribution is 5.40. The topological polar surface area (TPSA) is 126 Å². The lowest BCUT2D eigenvalue weighted by atomic mass is 9.43. The van der Waals surface area contributed by atoms with E-state index in [0.717, 1.165) is 70.6 Å². The SMILES string of the molecule is CC(C)(C)CCC[C@@H](OC=O)[C@H]1CC[C@@]2(C)C3=C(CC[C@]12C)[C@@]1(C)CC[C@H](OC2OC(CO)C(O)C(O)C2O)C(C)(C)C1CC3. The summed E-state index contributed by atoms with van der Waals surface area (Å²) in [7, 11) is 0. The van der Waals surface area contributed by atoms with E-state index in [-0.39, 0.29) is 39.3 Å². The predicted octanol–water partition coefficient (Wildman–Crippen LogP) is 5.68. The fourth-order valence-corrected chi connectivity index (χ4v) is 11.2. The standard InChI is InChI=1S/C37H62O8/c1-33(2,3)16-9-10-25(43-21-39)24-14-19-36(7)23-11-12-27-34(4,5)28(15-17-35(27,6)22(23)13-18-37(24,36)8)45-32-31(42)30(41)29(40)26(20-38)44-32/h21,24-32,38,40-42H,9-20H2,1-8H3/t24-,25-,26?,27?,28+,29?,30?,31?,32?,35-,36+,37-/m1/s1. The quantitative estimate of drug-likeness (QED) is 0.189. The molecule has 1 saturated heterocycles. The Bertz CT molecular complexity index is 1110. The molecule has 8 heteroatoms. The fourth-order valence-electron chi connectivity index (χ4n) is 11.2. The van der Waals surface area contributed by atoms with Gasteiger partial charge < -0.3 is 34.6 Å². The summed E-state index contributed by atoms with van der Waals surface area (Å²) >= 11 is 0. The molecule has 0 aromatic rings. The van der Waals surface area contributed by atoms with Crippen molar-refractivity contribution < 1.29 is 39.4 Å². The lowest BCUT2D eigenvalue weighted by Gasteiger charge is -2.62. The third-order valence-corrected chi connectivity index (χ3v) is 14.0. The van der Waals surface area contributed by atoms with Gasteiger partial charge in [-0.3, -0.25) is 4.79 Å². The van der Waals surface area contributed by atoms with Crippen molar-refractivity contribution in [3.05, 3.63) is 11.1 Å². The van der Waals surface area contributed by atoms with E-state index in [4.69, 9.17) is 14.2 Å². The minimum absolute atomic E-state index is 0.0281. The Morgan fingerprint density at radius 1 is 0.933 bits per heavy atom. The van der Waals surface area contributed by atoms with Gasteiger partial charge in [0, 0.05) is 5.92 Å². The fraction of sp³-hybridized carbons (Fsp3) is 0.919. The van der Waals surface area contributed by atoms with Crippen LogP contribution in [-0.4, -0.2) is 76.4 Å². The molecule has 0 amide bonds. The zero-order valence-electron chi connectivity index (χ0n) is 29.2.